The molecule has 0 aliphatic carbocycles. The lowest BCUT2D eigenvalue weighted by atomic mass is 10.0. The molecule has 212 valence electrons. The molecule has 1 rings (SSSR count). The Bertz CT molecular complexity index is 949. The van der Waals surface area contributed by atoms with Crippen LogP contribution in [0.5, 0.6) is 0 Å². The highest BCUT2D eigenvalue weighted by molar-refractivity contribution is 5.96. The molecule has 0 radical (unpaired) electrons. The summed E-state index contributed by atoms with van der Waals surface area (Å²) < 4.78 is 10.9. The Hall–Kier alpha value is -3.71. The van der Waals surface area contributed by atoms with E-state index >= 15 is 0 Å². The number of carbonyl (C=O) groups is 5. The number of alkyl carbamates (subject to hydrolysis) is 1. The summed E-state index contributed by atoms with van der Waals surface area (Å²) in [6.07, 6.45) is -1.18. The first-order valence-corrected chi connectivity index (χ1v) is 12.2. The van der Waals surface area contributed by atoms with Gasteiger partial charge in [-0.2, -0.15) is 0 Å². The molecule has 0 aliphatic heterocycles. The van der Waals surface area contributed by atoms with Gasteiger partial charge in [0.25, 0.3) is 5.91 Å². The molecule has 38 heavy (non-hydrogen) atoms. The topological polar surface area (TPSA) is 204 Å². The highest BCUT2D eigenvalue weighted by Gasteiger charge is 2.31. The largest absolute Gasteiger partial charge is 0.444 e. The zero-order valence-corrected chi connectivity index (χ0v) is 22.5. The second kappa shape index (κ2) is 15.5. The predicted octanol–water partition coefficient (Wildman–Crippen LogP) is -0.0225. The number of ether oxygens (including phenoxy) is 2. The average Bonchev–Trinajstić information content (AvgIpc) is 2.80. The van der Waals surface area contributed by atoms with Crippen molar-refractivity contribution in [3.63, 3.8) is 0 Å². The smallest absolute Gasteiger partial charge is 0.408 e. The molecule has 13 heteroatoms. The lowest BCUT2D eigenvalue weighted by molar-refractivity contribution is -0.134. The third-order valence-electron chi connectivity index (χ3n) is 4.92. The van der Waals surface area contributed by atoms with E-state index in [-0.39, 0.29) is 25.6 Å². The maximum absolute atomic E-state index is 13.1. The normalized spacial score (nSPS) is 13.6. The zero-order valence-electron chi connectivity index (χ0n) is 22.5. The van der Waals surface area contributed by atoms with Crippen LogP contribution in [0.1, 0.15) is 53.0 Å². The van der Waals surface area contributed by atoms with Crippen LogP contribution in [-0.2, 0) is 35.3 Å². The fourth-order valence-electron chi connectivity index (χ4n) is 3.26. The molecule has 0 aliphatic rings. The van der Waals surface area contributed by atoms with E-state index in [4.69, 9.17) is 21.1 Å². The molecule has 0 saturated carbocycles. The van der Waals surface area contributed by atoms with Crippen molar-refractivity contribution in [1.82, 2.24) is 21.4 Å². The number of nitrogens with one attached hydrogen (secondary N) is 4. The van der Waals surface area contributed by atoms with E-state index in [1.54, 1.807) is 20.8 Å². The van der Waals surface area contributed by atoms with Crippen molar-refractivity contribution in [2.24, 2.45) is 17.5 Å². The summed E-state index contributed by atoms with van der Waals surface area (Å²) >= 11 is 0. The summed E-state index contributed by atoms with van der Waals surface area (Å²) in [4.78, 5) is 62.3. The van der Waals surface area contributed by atoms with Gasteiger partial charge < -0.3 is 31.2 Å². The number of benzene rings is 1. The van der Waals surface area contributed by atoms with Gasteiger partial charge in [0.15, 0.2) is 0 Å². The Labute approximate surface area is 222 Å². The number of hydrazine groups is 1. The van der Waals surface area contributed by atoms with Gasteiger partial charge in [0.2, 0.25) is 17.7 Å². The monoisotopic (exact) mass is 536 g/mol. The van der Waals surface area contributed by atoms with E-state index in [2.05, 4.69) is 16.0 Å². The summed E-state index contributed by atoms with van der Waals surface area (Å²) in [6.45, 7) is 8.54. The summed E-state index contributed by atoms with van der Waals surface area (Å²) in [5, 5.41) is 7.33. The van der Waals surface area contributed by atoms with E-state index < -0.39 is 59.9 Å². The molecule has 13 nitrogen and oxygen atoms in total. The molecule has 8 N–H and O–H groups in total. The van der Waals surface area contributed by atoms with Crippen LogP contribution in [0.3, 0.4) is 0 Å². The van der Waals surface area contributed by atoms with E-state index in [9.17, 15) is 24.0 Å². The van der Waals surface area contributed by atoms with Crippen LogP contribution in [0, 0.1) is 5.92 Å². The van der Waals surface area contributed by atoms with Gasteiger partial charge in [0.05, 0.1) is 19.6 Å². The van der Waals surface area contributed by atoms with Gasteiger partial charge in [-0.05, 0) is 38.7 Å². The third kappa shape index (κ3) is 13.0. The molecule has 1 aromatic carbocycles. The number of nitrogens with two attached hydrogens (primary N) is 2. The standard InChI is InChI=1S/C25H40N6O7/c1-15(2)11-17(23(35)31-27)28-21(33)18(12-20(26)32)29-22(34)19(30-24(36)38-25(3,4)5)14-37-13-16-9-7-6-8-10-16/h6-10,15,17-19H,11-14,27H2,1-5H3,(H2,26,32)(H,28,33)(H,29,34)(H,30,36)(H,31,35)/t17-,18-,19-/m0/s1. The van der Waals surface area contributed by atoms with E-state index in [0.29, 0.717) is 0 Å². The van der Waals surface area contributed by atoms with Crippen molar-refractivity contribution >= 4 is 29.7 Å². The number of primary amides is 1. The van der Waals surface area contributed by atoms with Gasteiger partial charge in [-0.3, -0.25) is 24.6 Å². The minimum atomic E-state index is -1.43. The second-order valence-corrected chi connectivity index (χ2v) is 10.1. The van der Waals surface area contributed by atoms with Crippen LogP contribution < -0.4 is 33.0 Å². The molecule has 3 atom stereocenters. The van der Waals surface area contributed by atoms with Gasteiger partial charge in [-0.1, -0.05) is 44.2 Å². The Balaban J connectivity index is 3.04. The van der Waals surface area contributed by atoms with Gasteiger partial charge in [-0.15, -0.1) is 0 Å². The molecule has 0 aromatic heterocycles. The number of amides is 5. The van der Waals surface area contributed by atoms with Crippen LogP contribution in [0.4, 0.5) is 4.79 Å². The fourth-order valence-corrected chi connectivity index (χ4v) is 3.26. The van der Waals surface area contributed by atoms with E-state index in [0.717, 1.165) is 5.56 Å². The zero-order chi connectivity index (χ0) is 28.9. The fraction of sp³-hybridized carbons (Fsp3) is 0.560. The minimum absolute atomic E-state index is 0.0194. The van der Waals surface area contributed by atoms with Crippen molar-refractivity contribution in [2.75, 3.05) is 6.61 Å². The second-order valence-electron chi connectivity index (χ2n) is 10.1. The van der Waals surface area contributed by atoms with Crippen LogP contribution >= 0.6 is 0 Å². The van der Waals surface area contributed by atoms with Crippen molar-refractivity contribution in [2.45, 2.75) is 77.8 Å². The summed E-state index contributed by atoms with van der Waals surface area (Å²) in [7, 11) is 0. The van der Waals surface area contributed by atoms with Crippen LogP contribution in [0.25, 0.3) is 0 Å². The van der Waals surface area contributed by atoms with Gasteiger partial charge in [-0.25, -0.2) is 10.6 Å². The van der Waals surface area contributed by atoms with Crippen molar-refractivity contribution in [3.8, 4) is 0 Å². The summed E-state index contributed by atoms with van der Waals surface area (Å²) in [6, 6.07) is 5.43. The average molecular weight is 537 g/mol. The highest BCUT2D eigenvalue weighted by Crippen LogP contribution is 2.09. The molecular formula is C25H40N6O7. The predicted molar refractivity (Wildman–Crippen MR) is 139 cm³/mol. The maximum Gasteiger partial charge on any atom is 0.408 e. The molecule has 0 spiro atoms. The summed E-state index contributed by atoms with van der Waals surface area (Å²) in [5.41, 5.74) is 7.28. The highest BCUT2D eigenvalue weighted by atomic mass is 16.6. The Morgan fingerprint density at radius 1 is 0.868 bits per heavy atom. The van der Waals surface area contributed by atoms with Crippen LogP contribution in [0.2, 0.25) is 0 Å². The van der Waals surface area contributed by atoms with Crippen molar-refractivity contribution in [1.29, 1.82) is 0 Å². The third-order valence-corrected chi connectivity index (χ3v) is 4.92. The van der Waals surface area contributed by atoms with Crippen LogP contribution in [-0.4, -0.2) is 60.1 Å². The molecule has 1 aromatic rings. The number of hydrogen-bond donors (Lipinski definition) is 6. The van der Waals surface area contributed by atoms with Crippen LogP contribution in [0.15, 0.2) is 30.3 Å². The first-order chi connectivity index (χ1) is 17.7. The molecule has 0 heterocycles. The lowest BCUT2D eigenvalue weighted by Gasteiger charge is -2.26. The Kier molecular flexibility index (Phi) is 13.2. The summed E-state index contributed by atoms with van der Waals surface area (Å²) in [5.74, 6) is 2.07. The van der Waals surface area contributed by atoms with E-state index in [1.807, 2.05) is 49.6 Å². The first-order valence-electron chi connectivity index (χ1n) is 12.2. The Morgan fingerprint density at radius 3 is 1.97 bits per heavy atom. The van der Waals surface area contributed by atoms with E-state index in [1.165, 1.54) is 0 Å². The van der Waals surface area contributed by atoms with Gasteiger partial charge in [0.1, 0.15) is 23.7 Å². The molecule has 0 saturated heterocycles. The lowest BCUT2D eigenvalue weighted by Crippen LogP contribution is -2.59. The molecular weight excluding hydrogens is 496 g/mol. The molecule has 0 fully saturated rings. The number of hydrogen-bond acceptors (Lipinski definition) is 8. The SMILES string of the molecule is CC(C)C[C@H](NC(=O)[C@H](CC(N)=O)NC(=O)[C@H](COCc1ccccc1)NC(=O)OC(C)(C)C)C(=O)NN. The number of rotatable bonds is 14. The maximum atomic E-state index is 13.1. The minimum Gasteiger partial charge on any atom is -0.444 e. The Morgan fingerprint density at radius 2 is 1.45 bits per heavy atom. The quantitative estimate of drug-likeness (QED) is 0.108. The molecule has 5 amide bonds. The number of carbonyl (C=O) groups excluding carboxylic acids is 5. The van der Waals surface area contributed by atoms with Crippen molar-refractivity contribution < 1.29 is 33.4 Å². The van der Waals surface area contributed by atoms with Crippen molar-refractivity contribution in [3.05, 3.63) is 35.9 Å². The first kappa shape index (κ1) is 32.3. The molecule has 0 bridgehead atoms. The van der Waals surface area contributed by atoms with Gasteiger partial charge >= 0.3 is 6.09 Å². The molecule has 0 unspecified atom stereocenters. The van der Waals surface area contributed by atoms with Gasteiger partial charge in [0, 0.05) is 0 Å².